The summed E-state index contributed by atoms with van der Waals surface area (Å²) in [5.74, 6) is 0.889. The lowest BCUT2D eigenvalue weighted by atomic mass is 10.1. The first-order valence-electron chi connectivity index (χ1n) is 7.34. The van der Waals surface area contributed by atoms with E-state index in [9.17, 15) is 9.90 Å². The number of benzene rings is 2. The maximum absolute atomic E-state index is 12.2. The number of rotatable bonds is 4. The molecule has 1 heterocycles. The van der Waals surface area contributed by atoms with Gasteiger partial charge < -0.3 is 19.6 Å². The summed E-state index contributed by atoms with van der Waals surface area (Å²) in [5.41, 5.74) is 1.22. The number of hydrogen-bond acceptors (Lipinski definition) is 5. The summed E-state index contributed by atoms with van der Waals surface area (Å²) in [6, 6.07) is 9.92. The molecule has 2 N–H and O–H groups in total. The van der Waals surface area contributed by atoms with Gasteiger partial charge in [-0.1, -0.05) is 11.6 Å². The van der Waals surface area contributed by atoms with Crippen molar-refractivity contribution in [2.24, 2.45) is 0 Å². The van der Waals surface area contributed by atoms with Crippen molar-refractivity contribution < 1.29 is 14.6 Å². The fourth-order valence-corrected chi connectivity index (χ4v) is 2.55. The number of H-pyrrole nitrogens is 1. The predicted molar refractivity (Wildman–Crippen MR) is 97.4 cm³/mol. The van der Waals surface area contributed by atoms with Gasteiger partial charge in [0.2, 0.25) is 0 Å². The number of aliphatic hydroxyl groups excluding tert-OH is 1. The Morgan fingerprint density at radius 1 is 1.16 bits per heavy atom. The second-order valence-corrected chi connectivity index (χ2v) is 5.65. The fraction of sp³-hybridized carbons (Fsp3) is 0.111. The van der Waals surface area contributed by atoms with Gasteiger partial charge in [-0.15, -0.1) is 0 Å². The molecule has 25 heavy (non-hydrogen) atoms. The molecule has 3 rings (SSSR count). The van der Waals surface area contributed by atoms with Crippen LogP contribution in [0.5, 0.6) is 11.5 Å². The van der Waals surface area contributed by atoms with Crippen molar-refractivity contribution in [2.45, 2.75) is 0 Å². The average molecular weight is 359 g/mol. The van der Waals surface area contributed by atoms with Crippen molar-refractivity contribution in [3.8, 4) is 11.5 Å². The van der Waals surface area contributed by atoms with Gasteiger partial charge in [-0.25, -0.2) is 4.98 Å². The van der Waals surface area contributed by atoms with E-state index >= 15 is 0 Å². The minimum atomic E-state index is -0.429. The monoisotopic (exact) mass is 358 g/mol. The van der Waals surface area contributed by atoms with E-state index in [0.29, 0.717) is 33.1 Å². The molecule has 7 heteroatoms. The number of aromatic nitrogens is 2. The number of nitrogens with zero attached hydrogens (tertiary/aromatic N) is 1. The van der Waals surface area contributed by atoms with Crippen molar-refractivity contribution in [1.82, 2.24) is 9.97 Å². The summed E-state index contributed by atoms with van der Waals surface area (Å²) < 4.78 is 10.4. The van der Waals surface area contributed by atoms with Crippen LogP contribution in [0.15, 0.2) is 41.2 Å². The number of nitrogens with one attached hydrogen (secondary N) is 1. The van der Waals surface area contributed by atoms with Gasteiger partial charge >= 0.3 is 0 Å². The van der Waals surface area contributed by atoms with Crippen molar-refractivity contribution in [2.75, 3.05) is 14.2 Å². The lowest BCUT2D eigenvalue weighted by Crippen LogP contribution is -2.12. The maximum Gasteiger partial charge on any atom is 0.274 e. The second-order valence-electron chi connectivity index (χ2n) is 5.21. The highest BCUT2D eigenvalue weighted by Crippen LogP contribution is 2.30. The number of methoxy groups -OCH3 is 2. The van der Waals surface area contributed by atoms with E-state index < -0.39 is 5.56 Å². The molecule has 1 aromatic heterocycles. The van der Waals surface area contributed by atoms with Crippen LogP contribution in [0.4, 0.5) is 0 Å². The van der Waals surface area contributed by atoms with Gasteiger partial charge in [-0.05, 0) is 36.4 Å². The van der Waals surface area contributed by atoms with Crippen LogP contribution in [-0.2, 0) is 0 Å². The zero-order valence-corrected chi connectivity index (χ0v) is 14.3. The molecular weight excluding hydrogens is 344 g/mol. The lowest BCUT2D eigenvalue weighted by molar-refractivity contribution is 0.354. The van der Waals surface area contributed by atoms with Crippen LogP contribution in [0.1, 0.15) is 11.3 Å². The summed E-state index contributed by atoms with van der Waals surface area (Å²) in [4.78, 5) is 19.1. The number of aromatic amines is 1. The summed E-state index contributed by atoms with van der Waals surface area (Å²) in [5, 5.41) is 10.9. The van der Waals surface area contributed by atoms with Crippen LogP contribution in [0.25, 0.3) is 22.9 Å². The van der Waals surface area contributed by atoms with Crippen LogP contribution in [0.2, 0.25) is 5.02 Å². The Kier molecular flexibility index (Phi) is 4.63. The Hall–Kier alpha value is -2.99. The van der Waals surface area contributed by atoms with E-state index in [1.165, 1.54) is 20.3 Å². The third kappa shape index (κ3) is 3.44. The molecule has 3 aromatic rings. The number of fused-ring (bicyclic) bond motifs is 1. The van der Waals surface area contributed by atoms with Gasteiger partial charge in [0.1, 0.15) is 11.5 Å². The molecule has 0 aliphatic rings. The SMILES string of the molecule is COc1ccc(C(O)=Cc2nc3ccc(Cl)cc3[nH]c2=O)cc1OC. The van der Waals surface area contributed by atoms with Crippen LogP contribution in [0, 0.1) is 0 Å². The van der Waals surface area contributed by atoms with Crippen molar-refractivity contribution in [1.29, 1.82) is 0 Å². The van der Waals surface area contributed by atoms with E-state index in [-0.39, 0.29) is 11.5 Å². The molecule has 128 valence electrons. The molecule has 2 aromatic carbocycles. The van der Waals surface area contributed by atoms with Gasteiger partial charge in [0, 0.05) is 16.7 Å². The average Bonchev–Trinajstić information content (AvgIpc) is 2.61. The van der Waals surface area contributed by atoms with Gasteiger partial charge in [-0.3, -0.25) is 4.79 Å². The Bertz CT molecular complexity index is 1030. The van der Waals surface area contributed by atoms with E-state index in [2.05, 4.69) is 9.97 Å². The molecule has 0 saturated heterocycles. The molecule has 0 saturated carbocycles. The van der Waals surface area contributed by atoms with E-state index in [1.54, 1.807) is 36.4 Å². The van der Waals surface area contributed by atoms with Gasteiger partial charge in [-0.2, -0.15) is 0 Å². The third-order valence-electron chi connectivity index (χ3n) is 3.63. The summed E-state index contributed by atoms with van der Waals surface area (Å²) in [6.07, 6.45) is 1.30. The molecule has 0 spiro atoms. The van der Waals surface area contributed by atoms with Gasteiger partial charge in [0.25, 0.3) is 5.56 Å². The Morgan fingerprint density at radius 2 is 1.92 bits per heavy atom. The van der Waals surface area contributed by atoms with Crippen molar-refractivity contribution in [3.05, 3.63) is 63.0 Å². The Labute approximate surface area is 148 Å². The summed E-state index contributed by atoms with van der Waals surface area (Å²) >= 11 is 5.90. The Balaban J connectivity index is 2.05. The first-order valence-corrected chi connectivity index (χ1v) is 7.72. The van der Waals surface area contributed by atoms with Gasteiger partial charge in [0.05, 0.1) is 25.3 Å². The highest BCUT2D eigenvalue weighted by atomic mass is 35.5. The highest BCUT2D eigenvalue weighted by Gasteiger charge is 2.09. The number of ether oxygens (including phenoxy) is 2. The number of hydrogen-bond donors (Lipinski definition) is 2. The molecule has 0 fully saturated rings. The smallest absolute Gasteiger partial charge is 0.274 e. The van der Waals surface area contributed by atoms with Crippen molar-refractivity contribution in [3.63, 3.8) is 0 Å². The van der Waals surface area contributed by atoms with E-state index in [1.807, 2.05) is 0 Å². The topological polar surface area (TPSA) is 84.4 Å². The van der Waals surface area contributed by atoms with Crippen LogP contribution in [-0.4, -0.2) is 29.3 Å². The molecule has 0 aliphatic carbocycles. The fourth-order valence-electron chi connectivity index (χ4n) is 2.38. The normalized spacial score (nSPS) is 11.6. The summed E-state index contributed by atoms with van der Waals surface area (Å²) in [7, 11) is 3.03. The molecule has 0 radical (unpaired) electrons. The largest absolute Gasteiger partial charge is 0.507 e. The predicted octanol–water partition coefficient (Wildman–Crippen LogP) is 3.65. The molecule has 0 amide bonds. The van der Waals surface area contributed by atoms with E-state index in [0.717, 1.165) is 0 Å². The zero-order valence-electron chi connectivity index (χ0n) is 13.5. The lowest BCUT2D eigenvalue weighted by Gasteiger charge is -2.09. The second kappa shape index (κ2) is 6.86. The quantitative estimate of drug-likeness (QED) is 0.695. The number of halogens is 1. The standard InChI is InChI=1S/C18H15ClN2O4/c1-24-16-6-3-10(7-17(16)25-2)15(22)9-14-18(23)21-13-8-11(19)4-5-12(13)20-14/h3-9,22H,1-2H3,(H,21,23). The minimum absolute atomic E-state index is 0.0853. The van der Waals surface area contributed by atoms with Gasteiger partial charge in [0.15, 0.2) is 11.5 Å². The maximum atomic E-state index is 12.2. The molecule has 0 unspecified atom stereocenters. The van der Waals surface area contributed by atoms with Crippen LogP contribution >= 0.6 is 11.6 Å². The third-order valence-corrected chi connectivity index (χ3v) is 3.87. The van der Waals surface area contributed by atoms with Crippen LogP contribution in [0.3, 0.4) is 0 Å². The molecule has 6 nitrogen and oxygen atoms in total. The molecular formula is C18H15ClN2O4. The zero-order chi connectivity index (χ0) is 18.0. The Morgan fingerprint density at radius 3 is 2.64 bits per heavy atom. The summed E-state index contributed by atoms with van der Waals surface area (Å²) in [6.45, 7) is 0. The minimum Gasteiger partial charge on any atom is -0.507 e. The molecule has 0 bridgehead atoms. The van der Waals surface area contributed by atoms with Crippen LogP contribution < -0.4 is 15.0 Å². The first-order chi connectivity index (χ1) is 12.0. The highest BCUT2D eigenvalue weighted by molar-refractivity contribution is 6.31. The molecule has 0 atom stereocenters. The van der Waals surface area contributed by atoms with E-state index in [4.69, 9.17) is 21.1 Å². The number of aliphatic hydroxyl groups is 1. The van der Waals surface area contributed by atoms with Crippen molar-refractivity contribution >= 4 is 34.5 Å². The first kappa shape index (κ1) is 16.9. The molecule has 0 aliphatic heterocycles.